The second-order valence-electron chi connectivity index (χ2n) is 9.91. The topological polar surface area (TPSA) is 51.0 Å². The molecule has 1 fully saturated rings. The second-order valence-corrected chi connectivity index (χ2v) is 9.91. The van der Waals surface area contributed by atoms with Crippen molar-refractivity contribution in [1.82, 2.24) is 19.7 Å². The Morgan fingerprint density at radius 3 is 2.25 bits per heavy atom. The van der Waals surface area contributed by atoms with Crippen molar-refractivity contribution in [2.45, 2.75) is 80.2 Å². The predicted octanol–water partition coefficient (Wildman–Crippen LogP) is 4.55. The Morgan fingerprint density at radius 1 is 1.07 bits per heavy atom. The first-order valence-electron chi connectivity index (χ1n) is 10.6. The first-order chi connectivity index (χ1) is 13.0. The standard InChI is InChI=1S/C23H36N4O/c1-14-11-15(2)13-26(12-14)20(28)10-9-19-16(3)21-18(5)25-27(23(6,7)8)22(21)24-17(19)4/h14-15H,9-13H2,1-8H3/t14-,15-/m1/s1. The molecule has 1 aliphatic heterocycles. The molecule has 5 heteroatoms. The van der Waals surface area contributed by atoms with Crippen molar-refractivity contribution in [1.29, 1.82) is 0 Å². The van der Waals surface area contributed by atoms with Crippen molar-refractivity contribution in [3.8, 4) is 0 Å². The van der Waals surface area contributed by atoms with E-state index in [1.165, 1.54) is 17.5 Å². The monoisotopic (exact) mass is 384 g/mol. The van der Waals surface area contributed by atoms with Crippen LogP contribution in [0.5, 0.6) is 0 Å². The molecule has 0 radical (unpaired) electrons. The highest BCUT2D eigenvalue weighted by Gasteiger charge is 2.26. The predicted molar refractivity (Wildman–Crippen MR) is 115 cm³/mol. The summed E-state index contributed by atoms with van der Waals surface area (Å²) in [5, 5.41) is 5.91. The van der Waals surface area contributed by atoms with E-state index in [-0.39, 0.29) is 11.4 Å². The Labute approximate surface area is 169 Å². The molecule has 154 valence electrons. The summed E-state index contributed by atoms with van der Waals surface area (Å²) in [6.07, 6.45) is 2.53. The van der Waals surface area contributed by atoms with Crippen LogP contribution in [0.15, 0.2) is 0 Å². The van der Waals surface area contributed by atoms with E-state index >= 15 is 0 Å². The van der Waals surface area contributed by atoms with E-state index in [0.29, 0.717) is 18.3 Å². The quantitative estimate of drug-likeness (QED) is 0.780. The molecule has 1 saturated heterocycles. The van der Waals surface area contributed by atoms with Gasteiger partial charge in [-0.25, -0.2) is 9.67 Å². The number of aromatic nitrogens is 3. The lowest BCUT2D eigenvalue weighted by Crippen LogP contribution is -2.42. The van der Waals surface area contributed by atoms with Gasteiger partial charge in [0.25, 0.3) is 0 Å². The van der Waals surface area contributed by atoms with Crippen LogP contribution in [-0.4, -0.2) is 38.7 Å². The molecule has 0 aliphatic carbocycles. The van der Waals surface area contributed by atoms with E-state index in [2.05, 4.69) is 60.3 Å². The second kappa shape index (κ2) is 7.49. The van der Waals surface area contributed by atoms with Gasteiger partial charge in [-0.1, -0.05) is 13.8 Å². The zero-order valence-electron chi connectivity index (χ0n) is 18.9. The van der Waals surface area contributed by atoms with Crippen LogP contribution < -0.4 is 0 Å². The molecule has 2 aromatic rings. The molecule has 0 N–H and O–H groups in total. The Morgan fingerprint density at radius 2 is 1.68 bits per heavy atom. The molecule has 0 saturated carbocycles. The molecule has 0 spiro atoms. The number of pyridine rings is 1. The maximum Gasteiger partial charge on any atom is 0.222 e. The molecule has 3 heterocycles. The maximum atomic E-state index is 12.8. The average molecular weight is 385 g/mol. The lowest BCUT2D eigenvalue weighted by atomic mass is 9.91. The SMILES string of the molecule is Cc1nc2c(c(C)nn2C(C)(C)C)c(C)c1CCC(=O)N1C[C@H](C)C[C@@H](C)C1. The highest BCUT2D eigenvalue weighted by molar-refractivity contribution is 5.84. The highest BCUT2D eigenvalue weighted by Crippen LogP contribution is 2.30. The Kier molecular flexibility index (Phi) is 5.57. The van der Waals surface area contributed by atoms with Gasteiger partial charge in [0.2, 0.25) is 5.91 Å². The molecular formula is C23H36N4O. The fourth-order valence-electron chi connectivity index (χ4n) is 4.80. The summed E-state index contributed by atoms with van der Waals surface area (Å²) in [5.41, 5.74) is 5.30. The van der Waals surface area contributed by atoms with Gasteiger partial charge in [0.1, 0.15) is 0 Å². The van der Waals surface area contributed by atoms with Crippen LogP contribution in [0.1, 0.15) is 70.0 Å². The van der Waals surface area contributed by atoms with Crippen molar-refractivity contribution < 1.29 is 4.79 Å². The highest BCUT2D eigenvalue weighted by atomic mass is 16.2. The molecule has 28 heavy (non-hydrogen) atoms. The smallest absolute Gasteiger partial charge is 0.222 e. The van der Waals surface area contributed by atoms with Gasteiger partial charge in [-0.2, -0.15) is 5.10 Å². The van der Waals surface area contributed by atoms with Crippen LogP contribution in [-0.2, 0) is 16.8 Å². The van der Waals surface area contributed by atoms with Gasteiger partial charge >= 0.3 is 0 Å². The molecule has 0 bridgehead atoms. The summed E-state index contributed by atoms with van der Waals surface area (Å²) in [4.78, 5) is 19.8. The van der Waals surface area contributed by atoms with E-state index in [1.807, 2.05) is 4.68 Å². The fraction of sp³-hybridized carbons (Fsp3) is 0.696. The number of hydrogen-bond acceptors (Lipinski definition) is 3. The van der Waals surface area contributed by atoms with E-state index in [0.717, 1.165) is 41.9 Å². The van der Waals surface area contributed by atoms with Gasteiger partial charge in [0.15, 0.2) is 5.65 Å². The number of amides is 1. The van der Waals surface area contributed by atoms with Gasteiger partial charge < -0.3 is 4.90 Å². The molecular weight excluding hydrogens is 348 g/mol. The molecule has 3 rings (SSSR count). The average Bonchev–Trinajstić information content (AvgIpc) is 2.90. The molecule has 1 amide bonds. The summed E-state index contributed by atoms with van der Waals surface area (Å²) >= 11 is 0. The first-order valence-corrected chi connectivity index (χ1v) is 10.6. The van der Waals surface area contributed by atoms with Crippen LogP contribution in [0.25, 0.3) is 11.0 Å². The van der Waals surface area contributed by atoms with E-state index in [4.69, 9.17) is 10.1 Å². The minimum absolute atomic E-state index is 0.114. The summed E-state index contributed by atoms with van der Waals surface area (Å²) in [6, 6.07) is 0. The first kappa shape index (κ1) is 20.8. The van der Waals surface area contributed by atoms with Crippen molar-refractivity contribution in [2.75, 3.05) is 13.1 Å². The van der Waals surface area contributed by atoms with E-state index in [9.17, 15) is 4.79 Å². The molecule has 1 aliphatic rings. The number of carbonyl (C=O) groups is 1. The largest absolute Gasteiger partial charge is 0.342 e. The van der Waals surface area contributed by atoms with Crippen LogP contribution >= 0.6 is 0 Å². The number of nitrogens with zero attached hydrogens (tertiary/aromatic N) is 4. The minimum atomic E-state index is -0.114. The lowest BCUT2D eigenvalue weighted by Gasteiger charge is -2.35. The number of fused-ring (bicyclic) bond motifs is 1. The molecule has 2 aromatic heterocycles. The van der Waals surface area contributed by atoms with Gasteiger partial charge in [-0.05, 0) is 77.3 Å². The Balaban J connectivity index is 1.86. The van der Waals surface area contributed by atoms with Crippen molar-refractivity contribution in [2.24, 2.45) is 11.8 Å². The van der Waals surface area contributed by atoms with Crippen LogP contribution in [0.2, 0.25) is 0 Å². The van der Waals surface area contributed by atoms with Crippen LogP contribution in [0, 0.1) is 32.6 Å². The Bertz CT molecular complexity index is 880. The van der Waals surface area contributed by atoms with Crippen LogP contribution in [0.4, 0.5) is 0 Å². The molecule has 0 unspecified atom stereocenters. The number of rotatable bonds is 3. The van der Waals surface area contributed by atoms with Crippen molar-refractivity contribution in [3.05, 3.63) is 22.5 Å². The third-order valence-corrected chi connectivity index (χ3v) is 6.02. The minimum Gasteiger partial charge on any atom is -0.342 e. The van der Waals surface area contributed by atoms with E-state index < -0.39 is 0 Å². The maximum absolute atomic E-state index is 12.8. The normalized spacial score (nSPS) is 20.8. The van der Waals surface area contributed by atoms with Gasteiger partial charge in [0.05, 0.1) is 11.2 Å². The van der Waals surface area contributed by atoms with Gasteiger partial charge in [-0.3, -0.25) is 4.79 Å². The number of piperidine rings is 1. The van der Waals surface area contributed by atoms with Crippen molar-refractivity contribution >= 4 is 16.9 Å². The number of carbonyl (C=O) groups excluding carboxylic acids is 1. The zero-order valence-corrected chi connectivity index (χ0v) is 18.9. The lowest BCUT2D eigenvalue weighted by molar-refractivity contribution is -0.133. The number of hydrogen-bond donors (Lipinski definition) is 0. The van der Waals surface area contributed by atoms with Gasteiger partial charge in [0, 0.05) is 30.6 Å². The third-order valence-electron chi connectivity index (χ3n) is 6.02. The molecule has 5 nitrogen and oxygen atoms in total. The summed E-state index contributed by atoms with van der Waals surface area (Å²) in [6.45, 7) is 19.0. The Hall–Kier alpha value is -1.91. The number of likely N-dealkylation sites (tertiary alicyclic amines) is 1. The van der Waals surface area contributed by atoms with Gasteiger partial charge in [-0.15, -0.1) is 0 Å². The fourth-order valence-corrected chi connectivity index (χ4v) is 4.80. The van der Waals surface area contributed by atoms with E-state index in [1.54, 1.807) is 0 Å². The van der Waals surface area contributed by atoms with Crippen molar-refractivity contribution in [3.63, 3.8) is 0 Å². The van der Waals surface area contributed by atoms with Crippen LogP contribution in [0.3, 0.4) is 0 Å². The molecule has 2 atom stereocenters. The summed E-state index contributed by atoms with van der Waals surface area (Å²) in [7, 11) is 0. The summed E-state index contributed by atoms with van der Waals surface area (Å²) < 4.78 is 2.03. The zero-order chi connectivity index (χ0) is 20.8. The molecule has 0 aromatic carbocycles. The number of aryl methyl sites for hydroxylation is 3. The summed E-state index contributed by atoms with van der Waals surface area (Å²) in [5.74, 6) is 1.47. The third kappa shape index (κ3) is 3.94.